The molecule has 0 aliphatic carbocycles. The Bertz CT molecular complexity index is 497. The van der Waals surface area contributed by atoms with Crippen LogP contribution in [0, 0.1) is 0 Å². The van der Waals surface area contributed by atoms with Gasteiger partial charge < -0.3 is 20.5 Å². The zero-order valence-electron chi connectivity index (χ0n) is 12.8. The fourth-order valence-corrected chi connectivity index (χ4v) is 1.78. The maximum Gasteiger partial charge on any atom is 0.319 e. The van der Waals surface area contributed by atoms with Crippen molar-refractivity contribution in [2.45, 2.75) is 32.2 Å². The highest BCUT2D eigenvalue weighted by atomic mass is 16.5. The quantitative estimate of drug-likeness (QED) is 0.750. The number of hydrogen-bond donors (Lipinski definition) is 3. The smallest absolute Gasteiger partial charge is 0.319 e. The zero-order chi connectivity index (χ0) is 16.0. The van der Waals surface area contributed by atoms with Gasteiger partial charge in [-0.05, 0) is 38.5 Å². The van der Waals surface area contributed by atoms with Gasteiger partial charge in [-0.15, -0.1) is 0 Å². The van der Waals surface area contributed by atoms with E-state index in [1.807, 2.05) is 6.92 Å². The Morgan fingerprint density at radius 2 is 1.86 bits per heavy atom. The monoisotopic (exact) mass is 294 g/mol. The van der Waals surface area contributed by atoms with Gasteiger partial charge in [-0.2, -0.15) is 0 Å². The lowest BCUT2D eigenvalue weighted by molar-refractivity contribution is -0.142. The van der Waals surface area contributed by atoms with Gasteiger partial charge in [0.05, 0.1) is 18.1 Å². The van der Waals surface area contributed by atoms with Gasteiger partial charge in [0.2, 0.25) is 0 Å². The third-order valence-corrected chi connectivity index (χ3v) is 3.19. The SMILES string of the molecule is COCC(C)NC(=O)Nc1ccc(C(C)(C)C(=O)O)cc1. The lowest BCUT2D eigenvalue weighted by atomic mass is 9.85. The number of benzene rings is 1. The van der Waals surface area contributed by atoms with Crippen LogP contribution in [0.2, 0.25) is 0 Å². The molecule has 1 aromatic rings. The van der Waals surface area contributed by atoms with Crippen molar-refractivity contribution in [2.75, 3.05) is 19.0 Å². The predicted molar refractivity (Wildman–Crippen MR) is 80.6 cm³/mol. The minimum atomic E-state index is -0.965. The summed E-state index contributed by atoms with van der Waals surface area (Å²) in [5.41, 5.74) is 0.309. The van der Waals surface area contributed by atoms with E-state index < -0.39 is 11.4 Å². The first-order valence-electron chi connectivity index (χ1n) is 6.67. The largest absolute Gasteiger partial charge is 0.481 e. The fraction of sp³-hybridized carbons (Fsp3) is 0.467. The molecule has 116 valence electrons. The number of ether oxygens (including phenoxy) is 1. The van der Waals surface area contributed by atoms with Crippen LogP contribution in [-0.2, 0) is 14.9 Å². The average molecular weight is 294 g/mol. The first kappa shape index (κ1) is 17.0. The predicted octanol–water partition coefficient (Wildman–Crippen LogP) is 2.21. The Balaban J connectivity index is 2.67. The Morgan fingerprint density at radius 1 is 1.29 bits per heavy atom. The van der Waals surface area contributed by atoms with E-state index in [1.165, 1.54) is 0 Å². The molecule has 3 N–H and O–H groups in total. The van der Waals surface area contributed by atoms with Crippen molar-refractivity contribution < 1.29 is 19.4 Å². The van der Waals surface area contributed by atoms with E-state index in [-0.39, 0.29) is 12.1 Å². The van der Waals surface area contributed by atoms with E-state index in [9.17, 15) is 9.59 Å². The van der Waals surface area contributed by atoms with Crippen LogP contribution in [0.4, 0.5) is 10.5 Å². The molecule has 1 atom stereocenters. The average Bonchev–Trinajstić information content (AvgIpc) is 2.39. The second-order valence-corrected chi connectivity index (χ2v) is 5.46. The van der Waals surface area contributed by atoms with Crippen LogP contribution in [0.15, 0.2) is 24.3 Å². The summed E-state index contributed by atoms with van der Waals surface area (Å²) in [6.07, 6.45) is 0. The van der Waals surface area contributed by atoms with Gasteiger partial charge in [-0.3, -0.25) is 4.79 Å². The van der Waals surface area contributed by atoms with E-state index in [2.05, 4.69) is 10.6 Å². The highest BCUT2D eigenvalue weighted by Gasteiger charge is 2.29. The Morgan fingerprint density at radius 3 is 2.33 bits per heavy atom. The number of carboxylic acids is 1. The molecular formula is C15H22N2O4. The molecule has 1 rings (SSSR count). The number of carbonyl (C=O) groups excluding carboxylic acids is 1. The van der Waals surface area contributed by atoms with Gasteiger partial charge in [0.1, 0.15) is 0 Å². The van der Waals surface area contributed by atoms with E-state index in [0.717, 1.165) is 0 Å². The maximum atomic E-state index is 11.7. The van der Waals surface area contributed by atoms with Gasteiger partial charge in [-0.25, -0.2) is 4.79 Å². The molecule has 21 heavy (non-hydrogen) atoms. The Hall–Kier alpha value is -2.08. The number of aliphatic carboxylic acids is 1. The number of methoxy groups -OCH3 is 1. The molecule has 0 aliphatic heterocycles. The number of rotatable bonds is 6. The Kier molecular flexibility index (Phi) is 5.72. The Labute approximate surface area is 124 Å². The third-order valence-electron chi connectivity index (χ3n) is 3.19. The highest BCUT2D eigenvalue weighted by Crippen LogP contribution is 2.24. The van der Waals surface area contributed by atoms with E-state index in [1.54, 1.807) is 45.2 Å². The van der Waals surface area contributed by atoms with Gasteiger partial charge in [-0.1, -0.05) is 12.1 Å². The van der Waals surface area contributed by atoms with Gasteiger partial charge in [0, 0.05) is 12.8 Å². The molecule has 0 aromatic heterocycles. The van der Waals surface area contributed by atoms with E-state index >= 15 is 0 Å². The van der Waals surface area contributed by atoms with Crippen molar-refractivity contribution >= 4 is 17.7 Å². The number of nitrogens with one attached hydrogen (secondary N) is 2. The topological polar surface area (TPSA) is 87.7 Å². The summed E-state index contributed by atoms with van der Waals surface area (Å²) >= 11 is 0. The number of urea groups is 1. The molecule has 0 fully saturated rings. The van der Waals surface area contributed by atoms with Crippen molar-refractivity contribution in [3.63, 3.8) is 0 Å². The lowest BCUT2D eigenvalue weighted by Gasteiger charge is -2.20. The molecule has 6 heteroatoms. The van der Waals surface area contributed by atoms with E-state index in [0.29, 0.717) is 17.9 Å². The van der Waals surface area contributed by atoms with Crippen molar-refractivity contribution in [2.24, 2.45) is 0 Å². The maximum absolute atomic E-state index is 11.7. The number of carboxylic acid groups (broad SMARTS) is 1. The summed E-state index contributed by atoms with van der Waals surface area (Å²) in [6, 6.07) is 6.33. The normalized spacial score (nSPS) is 12.6. The number of amides is 2. The number of anilines is 1. The minimum Gasteiger partial charge on any atom is -0.481 e. The van der Waals surface area contributed by atoms with Crippen LogP contribution in [-0.4, -0.2) is 36.9 Å². The first-order valence-corrected chi connectivity index (χ1v) is 6.67. The van der Waals surface area contributed by atoms with Gasteiger partial charge >= 0.3 is 12.0 Å². The summed E-state index contributed by atoms with van der Waals surface area (Å²) in [5, 5.41) is 14.6. The zero-order valence-corrected chi connectivity index (χ0v) is 12.8. The molecule has 0 spiro atoms. The minimum absolute atomic E-state index is 0.0970. The molecule has 1 aromatic carbocycles. The van der Waals surface area contributed by atoms with Crippen LogP contribution >= 0.6 is 0 Å². The summed E-state index contributed by atoms with van der Waals surface area (Å²) in [5.74, 6) is -0.894. The van der Waals surface area contributed by atoms with E-state index in [4.69, 9.17) is 9.84 Å². The van der Waals surface area contributed by atoms with Crippen LogP contribution in [0.1, 0.15) is 26.3 Å². The molecule has 0 saturated carbocycles. The van der Waals surface area contributed by atoms with Crippen LogP contribution in [0.25, 0.3) is 0 Å². The second-order valence-electron chi connectivity index (χ2n) is 5.46. The lowest BCUT2D eigenvalue weighted by Crippen LogP contribution is -2.38. The van der Waals surface area contributed by atoms with Crippen LogP contribution in [0.3, 0.4) is 0 Å². The number of hydrogen-bond acceptors (Lipinski definition) is 3. The molecule has 0 bridgehead atoms. The van der Waals surface area contributed by atoms with Gasteiger partial charge in [0.25, 0.3) is 0 Å². The standard InChI is InChI=1S/C15H22N2O4/c1-10(9-21-4)16-14(20)17-12-7-5-11(6-8-12)15(2,3)13(18)19/h5-8,10H,9H2,1-4H3,(H,18,19)(H2,16,17,20). The van der Waals surface area contributed by atoms with Crippen molar-refractivity contribution in [3.05, 3.63) is 29.8 Å². The highest BCUT2D eigenvalue weighted by molar-refractivity contribution is 5.89. The summed E-state index contributed by atoms with van der Waals surface area (Å²) in [7, 11) is 1.57. The fourth-order valence-electron chi connectivity index (χ4n) is 1.78. The second kappa shape index (κ2) is 7.08. The van der Waals surface area contributed by atoms with Crippen LogP contribution in [0.5, 0.6) is 0 Å². The molecule has 6 nitrogen and oxygen atoms in total. The molecule has 1 unspecified atom stereocenters. The molecule has 0 heterocycles. The van der Waals surface area contributed by atoms with Gasteiger partial charge in [0.15, 0.2) is 0 Å². The molecular weight excluding hydrogens is 272 g/mol. The third kappa shape index (κ3) is 4.75. The molecule has 2 amide bonds. The van der Waals surface area contributed by atoms with Crippen molar-refractivity contribution in [3.8, 4) is 0 Å². The summed E-state index contributed by atoms with van der Waals surface area (Å²) < 4.78 is 4.93. The van der Waals surface area contributed by atoms with Crippen molar-refractivity contribution in [1.29, 1.82) is 0 Å². The number of carbonyl (C=O) groups is 2. The molecule has 0 saturated heterocycles. The summed E-state index contributed by atoms with van der Waals surface area (Å²) in [6.45, 7) is 5.54. The molecule has 0 aliphatic rings. The van der Waals surface area contributed by atoms with Crippen molar-refractivity contribution in [1.82, 2.24) is 5.32 Å². The van der Waals surface area contributed by atoms with Crippen LogP contribution < -0.4 is 10.6 Å². The first-order chi connectivity index (χ1) is 9.77. The molecule has 0 radical (unpaired) electrons. The summed E-state index contributed by atoms with van der Waals surface area (Å²) in [4.78, 5) is 22.9.